The number of aliphatic hydroxyl groups excluding tert-OH is 1. The van der Waals surface area contributed by atoms with E-state index >= 15 is 0 Å². The third-order valence-electron chi connectivity index (χ3n) is 6.89. The molecule has 1 saturated carbocycles. The van der Waals surface area contributed by atoms with Crippen LogP contribution in [0.3, 0.4) is 0 Å². The highest BCUT2D eigenvalue weighted by Crippen LogP contribution is 2.39. The molecule has 1 heterocycles. The number of phenolic OH excluding ortho intramolecular Hbond substituents is 2. The Kier molecular flexibility index (Phi) is 11.5. The maximum atomic E-state index is 13.0. The first-order valence-electron chi connectivity index (χ1n) is 12.7. The van der Waals surface area contributed by atoms with Crippen molar-refractivity contribution in [2.75, 3.05) is 27.2 Å². The minimum absolute atomic E-state index is 0.0224. The highest BCUT2D eigenvalue weighted by Gasteiger charge is 2.43. The van der Waals surface area contributed by atoms with Gasteiger partial charge in [0, 0.05) is 31.6 Å². The maximum Gasteiger partial charge on any atom is 0.249 e. The number of carbonyl (C=O) groups is 3. The van der Waals surface area contributed by atoms with Gasteiger partial charge in [-0.2, -0.15) is 0 Å². The summed E-state index contributed by atoms with van der Waals surface area (Å²) in [4.78, 5) is 38.9. The molecule has 0 bridgehead atoms. The van der Waals surface area contributed by atoms with E-state index in [0.29, 0.717) is 17.9 Å². The molecule has 1 saturated heterocycles. The molecule has 0 aromatic heterocycles. The number of nitrogens with one attached hydrogen (secondary N) is 2. The summed E-state index contributed by atoms with van der Waals surface area (Å²) in [5, 5.41) is 34.2. The van der Waals surface area contributed by atoms with Gasteiger partial charge < -0.3 is 35.8 Å². The van der Waals surface area contributed by atoms with Crippen LogP contribution >= 0.6 is 0 Å². The van der Waals surface area contributed by atoms with Crippen molar-refractivity contribution in [2.24, 2.45) is 5.92 Å². The maximum absolute atomic E-state index is 13.0. The molecule has 10 heteroatoms. The molecule has 202 valence electrons. The van der Waals surface area contributed by atoms with Gasteiger partial charge in [-0.1, -0.05) is 18.9 Å². The number of hydrogen-bond donors (Lipinski definition) is 5. The number of likely N-dealkylation sites (N-methyl/N-ethyl adjacent to an activating group) is 1. The highest BCUT2D eigenvalue weighted by atomic mass is 16.3. The summed E-state index contributed by atoms with van der Waals surface area (Å²) in [6.45, 7) is 5.36. The van der Waals surface area contributed by atoms with E-state index < -0.39 is 18.1 Å². The van der Waals surface area contributed by atoms with E-state index in [1.54, 1.807) is 6.92 Å². The molecule has 2 aliphatic rings. The summed E-state index contributed by atoms with van der Waals surface area (Å²) < 4.78 is 0. The van der Waals surface area contributed by atoms with Crippen LogP contribution in [0.1, 0.15) is 51.5 Å². The van der Waals surface area contributed by atoms with Crippen LogP contribution in [0.2, 0.25) is 0 Å². The molecule has 10 nitrogen and oxygen atoms in total. The second kappa shape index (κ2) is 14.0. The van der Waals surface area contributed by atoms with E-state index in [-0.39, 0.29) is 35.9 Å². The Morgan fingerprint density at radius 2 is 1.89 bits per heavy atom. The van der Waals surface area contributed by atoms with E-state index in [0.717, 1.165) is 38.8 Å². The van der Waals surface area contributed by atoms with Crippen molar-refractivity contribution in [2.45, 2.75) is 76.6 Å². The van der Waals surface area contributed by atoms with Gasteiger partial charge in [-0.3, -0.25) is 14.4 Å². The predicted molar refractivity (Wildman–Crippen MR) is 136 cm³/mol. The Morgan fingerprint density at radius 1 is 1.19 bits per heavy atom. The predicted octanol–water partition coefficient (Wildman–Crippen LogP) is 0.980. The summed E-state index contributed by atoms with van der Waals surface area (Å²) in [7, 11) is 3.93. The van der Waals surface area contributed by atoms with Crippen LogP contribution in [0, 0.1) is 5.92 Å². The van der Waals surface area contributed by atoms with E-state index in [1.807, 2.05) is 23.9 Å². The molecule has 1 aliphatic heterocycles. The minimum Gasteiger partial charge on any atom is -0.504 e. The van der Waals surface area contributed by atoms with Crippen LogP contribution in [0.15, 0.2) is 18.2 Å². The molecule has 1 aromatic rings. The molecular formula is C26H42N4O6. The largest absolute Gasteiger partial charge is 0.504 e. The molecule has 3 amide bonds. The van der Waals surface area contributed by atoms with Crippen LogP contribution < -0.4 is 10.6 Å². The van der Waals surface area contributed by atoms with Crippen molar-refractivity contribution in [1.82, 2.24) is 20.4 Å². The highest BCUT2D eigenvalue weighted by molar-refractivity contribution is 5.89. The Hall–Kier alpha value is -2.85. The van der Waals surface area contributed by atoms with Gasteiger partial charge in [-0.25, -0.2) is 0 Å². The number of aliphatic hydroxyl groups is 1. The summed E-state index contributed by atoms with van der Waals surface area (Å²) in [6.07, 6.45) is 4.90. The van der Waals surface area contributed by atoms with E-state index in [4.69, 9.17) is 0 Å². The lowest BCUT2D eigenvalue weighted by molar-refractivity contribution is -0.140. The number of phenols is 2. The van der Waals surface area contributed by atoms with Gasteiger partial charge in [0.05, 0.1) is 0 Å². The van der Waals surface area contributed by atoms with Gasteiger partial charge in [-0.15, -0.1) is 0 Å². The molecule has 1 aliphatic carbocycles. The molecule has 5 unspecified atom stereocenters. The lowest BCUT2D eigenvalue weighted by Crippen LogP contribution is -2.53. The number of fused-ring (bicyclic) bond motifs is 1. The molecule has 0 radical (unpaired) electrons. The number of hydrogen-bond acceptors (Lipinski definition) is 7. The second-order valence-corrected chi connectivity index (χ2v) is 10.1. The average Bonchev–Trinajstić information content (AvgIpc) is 3.16. The Balaban J connectivity index is 0.000000493. The molecule has 2 fully saturated rings. The van der Waals surface area contributed by atoms with Crippen LogP contribution in [-0.4, -0.2) is 94.8 Å². The van der Waals surface area contributed by atoms with Gasteiger partial charge in [-0.05, 0) is 70.8 Å². The number of aromatic hydroxyl groups is 2. The first-order valence-corrected chi connectivity index (χ1v) is 12.7. The number of nitrogens with zero attached hydrogens (tertiary/aromatic N) is 2. The molecule has 0 spiro atoms. The molecule has 36 heavy (non-hydrogen) atoms. The summed E-state index contributed by atoms with van der Waals surface area (Å²) in [5.74, 6) is -0.727. The van der Waals surface area contributed by atoms with Crippen LogP contribution in [0.5, 0.6) is 11.5 Å². The van der Waals surface area contributed by atoms with Crippen LogP contribution in [-0.2, 0) is 20.8 Å². The molecule has 5 N–H and O–H groups in total. The molecule has 3 rings (SSSR count). The second-order valence-electron chi connectivity index (χ2n) is 10.1. The Labute approximate surface area is 213 Å². The number of carbonyl (C=O) groups excluding carboxylic acids is 3. The van der Waals surface area contributed by atoms with Gasteiger partial charge in [0.2, 0.25) is 18.2 Å². The van der Waals surface area contributed by atoms with E-state index in [1.165, 1.54) is 24.6 Å². The monoisotopic (exact) mass is 506 g/mol. The van der Waals surface area contributed by atoms with Gasteiger partial charge in [0.1, 0.15) is 12.1 Å². The summed E-state index contributed by atoms with van der Waals surface area (Å²) >= 11 is 0. The third-order valence-corrected chi connectivity index (χ3v) is 6.89. The number of amides is 3. The third kappa shape index (κ3) is 8.37. The van der Waals surface area contributed by atoms with Crippen LogP contribution in [0.4, 0.5) is 0 Å². The van der Waals surface area contributed by atoms with Gasteiger partial charge >= 0.3 is 0 Å². The van der Waals surface area contributed by atoms with Gasteiger partial charge in [0.15, 0.2) is 11.5 Å². The fraction of sp³-hybridized carbons (Fsp3) is 0.654. The van der Waals surface area contributed by atoms with Crippen molar-refractivity contribution in [3.63, 3.8) is 0 Å². The average molecular weight is 507 g/mol. The lowest BCUT2D eigenvalue weighted by Gasteiger charge is -2.35. The minimum atomic E-state index is -1.35. The topological polar surface area (TPSA) is 142 Å². The van der Waals surface area contributed by atoms with E-state index in [2.05, 4.69) is 17.6 Å². The summed E-state index contributed by atoms with van der Waals surface area (Å²) in [5.41, 5.74) is 0.509. The number of rotatable bonds is 9. The number of likely N-dealkylation sites (tertiary alicyclic amines) is 1. The number of benzene rings is 1. The van der Waals surface area contributed by atoms with Gasteiger partial charge in [0.25, 0.3) is 0 Å². The first kappa shape index (κ1) is 29.4. The standard InChI is InChI=1S/C21H30N2O5.C5H12N2O/c1-12-9-15-5-3-4-6-16(15)23(12)21(28)13(2)22-20(27)19(26)11-14-7-8-17(24)18(25)10-14;1-7(2)4-3-6-5-8/h7-8,10,12-13,15-16,19,24-26H,3-6,9,11H2,1-2H3,(H,22,27);5H,3-4H2,1-2H3,(H,6,8). The van der Waals surface area contributed by atoms with Crippen molar-refractivity contribution in [1.29, 1.82) is 0 Å². The normalized spacial score (nSPS) is 22.6. The van der Waals surface area contributed by atoms with Crippen molar-refractivity contribution < 1.29 is 29.7 Å². The SMILES string of the molecule is CC(NC(=O)C(O)Cc1ccc(O)c(O)c1)C(=O)N1C(C)CC2CCCCC21.CN(C)CCNC=O. The first-order chi connectivity index (χ1) is 17.0. The van der Waals surface area contributed by atoms with E-state index in [9.17, 15) is 29.7 Å². The van der Waals surface area contributed by atoms with Crippen molar-refractivity contribution >= 4 is 18.2 Å². The molecule has 5 atom stereocenters. The quantitative estimate of drug-likeness (QED) is 0.191. The lowest BCUT2D eigenvalue weighted by atomic mass is 9.85. The van der Waals surface area contributed by atoms with Crippen molar-refractivity contribution in [3.05, 3.63) is 23.8 Å². The Morgan fingerprint density at radius 3 is 2.53 bits per heavy atom. The zero-order valence-corrected chi connectivity index (χ0v) is 21.8. The Bertz CT molecular complexity index is 880. The van der Waals surface area contributed by atoms with Crippen LogP contribution in [0.25, 0.3) is 0 Å². The zero-order chi connectivity index (χ0) is 26.8. The van der Waals surface area contributed by atoms with Crippen molar-refractivity contribution in [3.8, 4) is 11.5 Å². The smallest absolute Gasteiger partial charge is 0.249 e. The summed E-state index contributed by atoms with van der Waals surface area (Å²) in [6, 6.07) is 3.85. The molecule has 1 aromatic carbocycles. The zero-order valence-electron chi connectivity index (χ0n) is 21.8. The fourth-order valence-electron chi connectivity index (χ4n) is 5.04. The fourth-order valence-corrected chi connectivity index (χ4v) is 5.04. The molecular weight excluding hydrogens is 464 g/mol.